The highest BCUT2D eigenvalue weighted by Crippen LogP contribution is 2.13. The van der Waals surface area contributed by atoms with Crippen LogP contribution in [0.1, 0.15) is 11.3 Å². The van der Waals surface area contributed by atoms with Gasteiger partial charge in [0.15, 0.2) is 0 Å². The van der Waals surface area contributed by atoms with E-state index < -0.39 is 4.92 Å². The Morgan fingerprint density at radius 1 is 1.44 bits per heavy atom. The fraction of sp³-hybridized carbons (Fsp3) is 0.182. The number of nitro groups is 1. The molecule has 0 bridgehead atoms. The monoisotopic (exact) mass is 217 g/mol. The van der Waals surface area contributed by atoms with Gasteiger partial charge >= 0.3 is 0 Å². The zero-order valence-corrected chi connectivity index (χ0v) is 8.83. The average molecular weight is 217 g/mol. The molecule has 0 radical (unpaired) electrons. The van der Waals surface area contributed by atoms with E-state index in [4.69, 9.17) is 0 Å². The van der Waals surface area contributed by atoms with Gasteiger partial charge in [-0.05, 0) is 18.6 Å². The van der Waals surface area contributed by atoms with E-state index in [1.165, 1.54) is 6.07 Å². The molecule has 0 aliphatic heterocycles. The second-order valence-corrected chi connectivity index (χ2v) is 3.58. The summed E-state index contributed by atoms with van der Waals surface area (Å²) >= 11 is 0. The maximum Gasteiger partial charge on any atom is 0.269 e. The SMILES string of the molecule is Cc1ccn(Cc2cccc([N+](=O)[O-])c2)n1. The number of hydrogen-bond donors (Lipinski definition) is 0. The molecule has 2 aromatic rings. The van der Waals surface area contributed by atoms with Gasteiger partial charge in [-0.1, -0.05) is 12.1 Å². The van der Waals surface area contributed by atoms with Crippen molar-refractivity contribution in [1.29, 1.82) is 0 Å². The van der Waals surface area contributed by atoms with E-state index in [1.807, 2.05) is 25.3 Å². The minimum Gasteiger partial charge on any atom is -0.268 e. The summed E-state index contributed by atoms with van der Waals surface area (Å²) in [5.41, 5.74) is 1.92. The number of nitro benzene ring substituents is 1. The van der Waals surface area contributed by atoms with Crippen LogP contribution in [0.5, 0.6) is 0 Å². The van der Waals surface area contributed by atoms with Gasteiger partial charge in [0, 0.05) is 18.3 Å². The molecule has 0 aliphatic rings. The van der Waals surface area contributed by atoms with Crippen molar-refractivity contribution in [3.63, 3.8) is 0 Å². The van der Waals surface area contributed by atoms with Crippen molar-refractivity contribution in [2.45, 2.75) is 13.5 Å². The maximum atomic E-state index is 10.6. The molecule has 2 rings (SSSR count). The lowest BCUT2D eigenvalue weighted by Crippen LogP contribution is -2.01. The quantitative estimate of drug-likeness (QED) is 0.584. The molecule has 1 heterocycles. The number of benzene rings is 1. The van der Waals surface area contributed by atoms with Crippen molar-refractivity contribution >= 4 is 5.69 Å². The minimum absolute atomic E-state index is 0.112. The molecule has 16 heavy (non-hydrogen) atoms. The largest absolute Gasteiger partial charge is 0.269 e. The summed E-state index contributed by atoms with van der Waals surface area (Å²) in [5.74, 6) is 0. The van der Waals surface area contributed by atoms with E-state index in [-0.39, 0.29) is 5.69 Å². The molecule has 0 saturated carbocycles. The Morgan fingerprint density at radius 3 is 2.88 bits per heavy atom. The summed E-state index contributed by atoms with van der Waals surface area (Å²) in [5, 5.41) is 14.8. The summed E-state index contributed by atoms with van der Waals surface area (Å²) in [6.45, 7) is 2.46. The van der Waals surface area contributed by atoms with Gasteiger partial charge in [-0.3, -0.25) is 14.8 Å². The zero-order chi connectivity index (χ0) is 11.5. The molecule has 0 unspecified atom stereocenters. The summed E-state index contributed by atoms with van der Waals surface area (Å²) in [7, 11) is 0. The molecule has 0 amide bonds. The van der Waals surface area contributed by atoms with E-state index >= 15 is 0 Å². The molecule has 0 fully saturated rings. The first-order valence-corrected chi connectivity index (χ1v) is 4.88. The number of rotatable bonds is 3. The van der Waals surface area contributed by atoms with Crippen LogP contribution in [0, 0.1) is 17.0 Å². The topological polar surface area (TPSA) is 61.0 Å². The number of aromatic nitrogens is 2. The van der Waals surface area contributed by atoms with Gasteiger partial charge in [0.2, 0.25) is 0 Å². The second-order valence-electron chi connectivity index (χ2n) is 3.58. The lowest BCUT2D eigenvalue weighted by Gasteiger charge is -2.01. The maximum absolute atomic E-state index is 10.6. The van der Waals surface area contributed by atoms with Crippen molar-refractivity contribution in [2.75, 3.05) is 0 Å². The molecular formula is C11H11N3O2. The standard InChI is InChI=1S/C11H11N3O2/c1-9-5-6-13(12-9)8-10-3-2-4-11(7-10)14(15)16/h2-7H,8H2,1H3. The zero-order valence-electron chi connectivity index (χ0n) is 8.83. The van der Waals surface area contributed by atoms with E-state index in [9.17, 15) is 10.1 Å². The van der Waals surface area contributed by atoms with Gasteiger partial charge in [-0.25, -0.2) is 0 Å². The molecule has 5 nitrogen and oxygen atoms in total. The molecule has 0 saturated heterocycles. The van der Waals surface area contributed by atoms with Crippen molar-refractivity contribution in [3.05, 3.63) is 57.9 Å². The van der Waals surface area contributed by atoms with E-state index in [2.05, 4.69) is 5.10 Å². The van der Waals surface area contributed by atoms with Gasteiger partial charge in [0.05, 0.1) is 17.2 Å². The molecule has 0 aliphatic carbocycles. The van der Waals surface area contributed by atoms with Crippen LogP contribution < -0.4 is 0 Å². The molecule has 0 N–H and O–H groups in total. The van der Waals surface area contributed by atoms with Gasteiger partial charge < -0.3 is 0 Å². The summed E-state index contributed by atoms with van der Waals surface area (Å²) in [4.78, 5) is 10.2. The molecule has 1 aromatic carbocycles. The summed E-state index contributed by atoms with van der Waals surface area (Å²) < 4.78 is 1.76. The van der Waals surface area contributed by atoms with Crippen molar-refractivity contribution < 1.29 is 4.92 Å². The normalized spacial score (nSPS) is 10.3. The van der Waals surface area contributed by atoms with Crippen LogP contribution in [-0.4, -0.2) is 14.7 Å². The third-order valence-electron chi connectivity index (χ3n) is 2.24. The number of non-ortho nitro benzene ring substituents is 1. The van der Waals surface area contributed by atoms with Crippen LogP contribution in [0.3, 0.4) is 0 Å². The third-order valence-corrected chi connectivity index (χ3v) is 2.24. The lowest BCUT2D eigenvalue weighted by atomic mass is 10.2. The van der Waals surface area contributed by atoms with Crippen LogP contribution in [0.25, 0.3) is 0 Å². The Balaban J connectivity index is 2.21. The second kappa shape index (κ2) is 4.14. The first-order chi connectivity index (χ1) is 7.65. The fourth-order valence-electron chi connectivity index (χ4n) is 1.51. The Morgan fingerprint density at radius 2 is 2.25 bits per heavy atom. The molecular weight excluding hydrogens is 206 g/mol. The van der Waals surface area contributed by atoms with Crippen LogP contribution >= 0.6 is 0 Å². The van der Waals surface area contributed by atoms with E-state index in [0.717, 1.165) is 11.3 Å². The molecule has 1 aromatic heterocycles. The first-order valence-electron chi connectivity index (χ1n) is 4.88. The lowest BCUT2D eigenvalue weighted by molar-refractivity contribution is -0.384. The fourth-order valence-corrected chi connectivity index (χ4v) is 1.51. The van der Waals surface area contributed by atoms with Crippen LogP contribution in [-0.2, 0) is 6.54 Å². The number of hydrogen-bond acceptors (Lipinski definition) is 3. The number of aryl methyl sites for hydroxylation is 1. The smallest absolute Gasteiger partial charge is 0.268 e. The Labute approximate surface area is 92.5 Å². The van der Waals surface area contributed by atoms with Gasteiger partial charge in [-0.2, -0.15) is 5.10 Å². The molecule has 5 heteroatoms. The summed E-state index contributed by atoms with van der Waals surface area (Å²) in [6, 6.07) is 8.49. The highest BCUT2D eigenvalue weighted by Gasteiger charge is 2.05. The Bertz CT molecular complexity index is 519. The van der Waals surface area contributed by atoms with Gasteiger partial charge in [0.25, 0.3) is 5.69 Å². The highest BCUT2D eigenvalue weighted by molar-refractivity contribution is 5.34. The van der Waals surface area contributed by atoms with Crippen molar-refractivity contribution in [1.82, 2.24) is 9.78 Å². The van der Waals surface area contributed by atoms with Gasteiger partial charge in [0.1, 0.15) is 0 Å². The van der Waals surface area contributed by atoms with E-state index in [0.29, 0.717) is 6.54 Å². The first kappa shape index (κ1) is 10.4. The molecule has 82 valence electrons. The van der Waals surface area contributed by atoms with Crippen LogP contribution in [0.4, 0.5) is 5.69 Å². The summed E-state index contributed by atoms with van der Waals surface area (Å²) in [6.07, 6.45) is 1.86. The van der Waals surface area contributed by atoms with E-state index in [1.54, 1.807) is 16.8 Å². The van der Waals surface area contributed by atoms with Crippen LogP contribution in [0.15, 0.2) is 36.5 Å². The molecule has 0 spiro atoms. The third kappa shape index (κ3) is 2.25. The highest BCUT2D eigenvalue weighted by atomic mass is 16.6. The predicted octanol–water partition coefficient (Wildman–Crippen LogP) is 2.15. The molecule has 0 atom stereocenters. The Hall–Kier alpha value is -2.17. The predicted molar refractivity (Wildman–Crippen MR) is 59.2 cm³/mol. The van der Waals surface area contributed by atoms with Gasteiger partial charge in [-0.15, -0.1) is 0 Å². The number of nitrogens with zero attached hydrogens (tertiary/aromatic N) is 3. The van der Waals surface area contributed by atoms with Crippen molar-refractivity contribution in [2.24, 2.45) is 0 Å². The minimum atomic E-state index is -0.391. The van der Waals surface area contributed by atoms with Crippen molar-refractivity contribution in [3.8, 4) is 0 Å². The average Bonchev–Trinajstić information content (AvgIpc) is 2.64. The van der Waals surface area contributed by atoms with Crippen LogP contribution in [0.2, 0.25) is 0 Å². The Kier molecular flexibility index (Phi) is 2.68.